The Balaban J connectivity index is 1.76. The average molecular weight is 283 g/mol. The maximum atomic E-state index is 12.6. The number of carbonyl (C=O) groups is 3. The Kier molecular flexibility index (Phi) is 2.42. The quantitative estimate of drug-likeness (QED) is 0.751. The van der Waals surface area contributed by atoms with Gasteiger partial charge in [-0.3, -0.25) is 14.2 Å². The van der Waals surface area contributed by atoms with Crippen molar-refractivity contribution in [2.45, 2.75) is 25.8 Å². The van der Waals surface area contributed by atoms with Crippen molar-refractivity contribution in [1.29, 1.82) is 0 Å². The third kappa shape index (κ3) is 1.62. The summed E-state index contributed by atoms with van der Waals surface area (Å²) in [4.78, 5) is 36.6. The van der Waals surface area contributed by atoms with E-state index in [1.807, 2.05) is 30.3 Å². The number of carbonyl (C=O) groups excluding carboxylic acids is 3. The molecule has 6 nitrogen and oxygen atoms in total. The molecule has 1 saturated heterocycles. The summed E-state index contributed by atoms with van der Waals surface area (Å²) >= 11 is 0. The normalized spacial score (nSPS) is 18.8. The van der Waals surface area contributed by atoms with Crippen LogP contribution in [0.5, 0.6) is 0 Å². The second kappa shape index (κ2) is 4.18. The summed E-state index contributed by atoms with van der Waals surface area (Å²) in [5, 5.41) is 3.26. The van der Waals surface area contributed by atoms with E-state index in [2.05, 4.69) is 0 Å². The van der Waals surface area contributed by atoms with Gasteiger partial charge >= 0.3 is 6.03 Å². The number of hydrogen-bond acceptors (Lipinski definition) is 3. The van der Waals surface area contributed by atoms with E-state index >= 15 is 0 Å². The zero-order valence-electron chi connectivity index (χ0n) is 11.3. The second-order valence-electron chi connectivity index (χ2n) is 5.32. The molecule has 0 bridgehead atoms. The Morgan fingerprint density at radius 1 is 0.952 bits per heavy atom. The number of piperidine rings is 1. The van der Waals surface area contributed by atoms with E-state index in [1.165, 1.54) is 5.01 Å². The standard InChI is InChI=1S/C15H13N3O3/c19-13-6-3-7-14(20)18(13)16-9-11-8-10-4-1-2-5-12(10)17(11)15(16)21/h1-2,4-5,8H,3,6-7,9H2. The Hall–Kier alpha value is -2.63. The molecule has 0 radical (unpaired) electrons. The van der Waals surface area contributed by atoms with E-state index in [0.717, 1.165) is 21.6 Å². The minimum atomic E-state index is -0.338. The van der Waals surface area contributed by atoms with Crippen molar-refractivity contribution in [3.63, 3.8) is 0 Å². The van der Waals surface area contributed by atoms with Gasteiger partial charge in [-0.25, -0.2) is 9.80 Å². The summed E-state index contributed by atoms with van der Waals surface area (Å²) in [7, 11) is 0. The van der Waals surface area contributed by atoms with Crippen LogP contribution in [0.2, 0.25) is 0 Å². The summed E-state index contributed by atoms with van der Waals surface area (Å²) in [6.07, 6.45) is 1.18. The van der Waals surface area contributed by atoms with E-state index in [1.54, 1.807) is 4.57 Å². The Morgan fingerprint density at radius 3 is 2.43 bits per heavy atom. The first-order valence-corrected chi connectivity index (χ1v) is 6.94. The van der Waals surface area contributed by atoms with Crippen LogP contribution in [0.1, 0.15) is 25.0 Å². The van der Waals surface area contributed by atoms with Crippen LogP contribution in [0.15, 0.2) is 30.3 Å². The Morgan fingerprint density at radius 2 is 1.67 bits per heavy atom. The van der Waals surface area contributed by atoms with E-state index in [4.69, 9.17) is 0 Å². The van der Waals surface area contributed by atoms with Gasteiger partial charge < -0.3 is 0 Å². The van der Waals surface area contributed by atoms with Crippen LogP contribution in [0.4, 0.5) is 4.79 Å². The molecule has 0 unspecified atom stereocenters. The van der Waals surface area contributed by atoms with Crippen LogP contribution in [0, 0.1) is 0 Å². The highest BCUT2D eigenvalue weighted by Gasteiger charge is 2.39. The summed E-state index contributed by atoms with van der Waals surface area (Å²) in [5.74, 6) is -0.593. The molecule has 0 spiro atoms. The minimum absolute atomic E-state index is 0.255. The molecular formula is C15H13N3O3. The highest BCUT2D eigenvalue weighted by atomic mass is 16.2. The zero-order valence-corrected chi connectivity index (χ0v) is 11.3. The van der Waals surface area contributed by atoms with Crippen LogP contribution in [0.3, 0.4) is 0 Å². The van der Waals surface area contributed by atoms with Crippen LogP contribution in [0.25, 0.3) is 10.9 Å². The molecule has 21 heavy (non-hydrogen) atoms. The number of imide groups is 1. The third-order valence-corrected chi connectivity index (χ3v) is 4.01. The number of nitrogens with zero attached hydrogens (tertiary/aromatic N) is 3. The third-order valence-electron chi connectivity index (χ3n) is 4.01. The number of para-hydroxylation sites is 1. The maximum absolute atomic E-state index is 12.6. The fourth-order valence-electron chi connectivity index (χ4n) is 3.06. The number of amides is 3. The van der Waals surface area contributed by atoms with Gasteiger partial charge in [0.1, 0.15) is 0 Å². The van der Waals surface area contributed by atoms with Crippen LogP contribution >= 0.6 is 0 Å². The van der Waals surface area contributed by atoms with Crippen molar-refractivity contribution in [2.75, 3.05) is 0 Å². The molecule has 2 aromatic rings. The van der Waals surface area contributed by atoms with Crippen molar-refractivity contribution in [3.05, 3.63) is 36.0 Å². The highest BCUT2D eigenvalue weighted by Crippen LogP contribution is 2.29. The molecule has 0 saturated carbocycles. The van der Waals surface area contributed by atoms with Gasteiger partial charge in [-0.2, -0.15) is 5.01 Å². The summed E-state index contributed by atoms with van der Waals surface area (Å²) in [6.45, 7) is 0.255. The monoisotopic (exact) mass is 283 g/mol. The van der Waals surface area contributed by atoms with Gasteiger partial charge in [-0.05, 0) is 18.6 Å². The molecule has 0 atom stereocenters. The average Bonchev–Trinajstić information content (AvgIpc) is 2.96. The van der Waals surface area contributed by atoms with Gasteiger partial charge in [0.05, 0.1) is 17.8 Å². The smallest absolute Gasteiger partial charge is 0.273 e. The SMILES string of the molecule is O=C1CCCC(=O)N1N1Cc2cc3ccccc3n2C1=O. The molecule has 2 aliphatic rings. The lowest BCUT2D eigenvalue weighted by atomic mass is 10.1. The van der Waals surface area contributed by atoms with E-state index in [0.29, 0.717) is 19.3 Å². The van der Waals surface area contributed by atoms with Crippen LogP contribution < -0.4 is 0 Å². The van der Waals surface area contributed by atoms with Gasteiger partial charge in [0.25, 0.3) is 0 Å². The van der Waals surface area contributed by atoms with E-state index in [-0.39, 0.29) is 24.4 Å². The summed E-state index contributed by atoms with van der Waals surface area (Å²) in [6, 6.07) is 9.16. The molecule has 2 aliphatic heterocycles. The van der Waals surface area contributed by atoms with Gasteiger partial charge in [0.15, 0.2) is 0 Å². The van der Waals surface area contributed by atoms with Crippen molar-refractivity contribution in [3.8, 4) is 0 Å². The number of hydrogen-bond donors (Lipinski definition) is 0. The maximum Gasteiger partial charge on any atom is 0.348 e. The van der Waals surface area contributed by atoms with Crippen LogP contribution in [-0.2, 0) is 16.1 Å². The molecule has 6 heteroatoms. The first kappa shape index (κ1) is 12.1. The lowest BCUT2D eigenvalue weighted by Crippen LogP contribution is -2.52. The predicted molar refractivity (Wildman–Crippen MR) is 74.0 cm³/mol. The van der Waals surface area contributed by atoms with Crippen molar-refractivity contribution in [1.82, 2.24) is 14.6 Å². The largest absolute Gasteiger partial charge is 0.348 e. The Labute approximate surface area is 120 Å². The number of rotatable bonds is 1. The fraction of sp³-hybridized carbons (Fsp3) is 0.267. The van der Waals surface area contributed by atoms with E-state index in [9.17, 15) is 14.4 Å². The molecule has 3 amide bonds. The zero-order chi connectivity index (χ0) is 14.6. The topological polar surface area (TPSA) is 62.6 Å². The molecule has 4 rings (SSSR count). The number of fused-ring (bicyclic) bond motifs is 3. The second-order valence-corrected chi connectivity index (χ2v) is 5.32. The molecule has 0 N–H and O–H groups in total. The first-order chi connectivity index (χ1) is 10.2. The highest BCUT2D eigenvalue weighted by molar-refractivity contribution is 6.01. The molecule has 106 valence electrons. The number of hydrazine groups is 1. The Bertz CT molecular complexity index is 777. The molecular weight excluding hydrogens is 270 g/mol. The molecule has 3 heterocycles. The minimum Gasteiger partial charge on any atom is -0.273 e. The molecule has 1 fully saturated rings. The number of aromatic nitrogens is 1. The summed E-state index contributed by atoms with van der Waals surface area (Å²) < 4.78 is 1.57. The van der Waals surface area contributed by atoms with Crippen LogP contribution in [-0.4, -0.2) is 32.4 Å². The van der Waals surface area contributed by atoms with Crippen molar-refractivity contribution < 1.29 is 14.4 Å². The fourth-order valence-corrected chi connectivity index (χ4v) is 3.06. The van der Waals surface area contributed by atoms with E-state index < -0.39 is 0 Å². The lowest BCUT2D eigenvalue weighted by Gasteiger charge is -2.31. The summed E-state index contributed by atoms with van der Waals surface area (Å²) in [5.41, 5.74) is 1.60. The van der Waals surface area contributed by atoms with Crippen molar-refractivity contribution in [2.24, 2.45) is 0 Å². The van der Waals surface area contributed by atoms with Crippen molar-refractivity contribution >= 4 is 28.7 Å². The predicted octanol–water partition coefficient (Wildman–Crippen LogP) is 1.88. The van der Waals surface area contributed by atoms with Gasteiger partial charge in [0.2, 0.25) is 11.8 Å². The molecule has 1 aromatic carbocycles. The molecule has 0 aliphatic carbocycles. The van der Waals surface area contributed by atoms with Gasteiger partial charge in [-0.1, -0.05) is 18.2 Å². The first-order valence-electron chi connectivity index (χ1n) is 6.94. The lowest BCUT2D eigenvalue weighted by molar-refractivity contribution is -0.163. The van der Waals surface area contributed by atoms with Gasteiger partial charge in [0, 0.05) is 18.2 Å². The van der Waals surface area contributed by atoms with Gasteiger partial charge in [-0.15, -0.1) is 0 Å². The molecule has 1 aromatic heterocycles. The number of benzene rings is 1.